The predicted molar refractivity (Wildman–Crippen MR) is 90.8 cm³/mol. The van der Waals surface area contributed by atoms with E-state index in [0.29, 0.717) is 11.8 Å². The van der Waals surface area contributed by atoms with Crippen molar-refractivity contribution < 1.29 is 22.8 Å². The summed E-state index contributed by atoms with van der Waals surface area (Å²) in [6.45, 7) is -0.503. The van der Waals surface area contributed by atoms with Gasteiger partial charge in [-0.25, -0.2) is 18.2 Å². The molecule has 0 spiro atoms. The van der Waals surface area contributed by atoms with Crippen LogP contribution in [0.15, 0.2) is 55.0 Å². The Balaban J connectivity index is 1.64. The van der Waals surface area contributed by atoms with Crippen molar-refractivity contribution in [3.63, 3.8) is 0 Å². The van der Waals surface area contributed by atoms with Gasteiger partial charge in [0, 0.05) is 5.69 Å². The molecule has 6 nitrogen and oxygen atoms in total. The SMILES string of the molecule is O=C(CNC(=O)c1cncn1-c1ccccc1)Nc1ccc(F)c(F)c1F. The second-order valence-corrected chi connectivity index (χ2v) is 5.44. The Kier molecular flexibility index (Phi) is 5.20. The highest BCUT2D eigenvalue weighted by molar-refractivity contribution is 5.98. The second-order valence-electron chi connectivity index (χ2n) is 5.44. The molecule has 138 valence electrons. The van der Waals surface area contributed by atoms with E-state index in [1.165, 1.54) is 17.1 Å². The summed E-state index contributed by atoms with van der Waals surface area (Å²) >= 11 is 0. The maximum atomic E-state index is 13.6. The number of hydrogen-bond donors (Lipinski definition) is 2. The highest BCUT2D eigenvalue weighted by Crippen LogP contribution is 2.19. The molecule has 2 aromatic carbocycles. The third-order valence-corrected chi connectivity index (χ3v) is 3.62. The first kappa shape index (κ1) is 18.2. The van der Waals surface area contributed by atoms with Crippen molar-refractivity contribution in [2.24, 2.45) is 0 Å². The molecule has 0 atom stereocenters. The molecular formula is C18H13F3N4O2. The van der Waals surface area contributed by atoms with Crippen LogP contribution in [-0.4, -0.2) is 27.9 Å². The first-order valence-corrected chi connectivity index (χ1v) is 7.76. The first-order valence-electron chi connectivity index (χ1n) is 7.76. The van der Waals surface area contributed by atoms with Crippen LogP contribution in [0.2, 0.25) is 0 Å². The van der Waals surface area contributed by atoms with Crippen LogP contribution in [0.5, 0.6) is 0 Å². The van der Waals surface area contributed by atoms with E-state index in [2.05, 4.69) is 15.6 Å². The molecule has 0 saturated carbocycles. The topological polar surface area (TPSA) is 76.0 Å². The van der Waals surface area contributed by atoms with Gasteiger partial charge in [-0.3, -0.25) is 14.2 Å². The van der Waals surface area contributed by atoms with Gasteiger partial charge in [0.25, 0.3) is 5.91 Å². The maximum absolute atomic E-state index is 13.6. The molecule has 0 aliphatic rings. The van der Waals surface area contributed by atoms with Crippen LogP contribution in [0.1, 0.15) is 10.5 Å². The summed E-state index contributed by atoms with van der Waals surface area (Å²) in [6, 6.07) is 10.5. The zero-order valence-corrected chi connectivity index (χ0v) is 13.7. The van der Waals surface area contributed by atoms with Gasteiger partial charge in [-0.15, -0.1) is 0 Å². The van der Waals surface area contributed by atoms with Gasteiger partial charge in [-0.1, -0.05) is 18.2 Å². The Hall–Kier alpha value is -3.62. The zero-order valence-electron chi connectivity index (χ0n) is 13.7. The Labute approximate surface area is 151 Å². The number of anilines is 1. The van der Waals surface area contributed by atoms with Crippen LogP contribution in [0.25, 0.3) is 5.69 Å². The molecule has 2 N–H and O–H groups in total. The van der Waals surface area contributed by atoms with Gasteiger partial charge in [0.2, 0.25) is 5.91 Å². The van der Waals surface area contributed by atoms with E-state index in [9.17, 15) is 22.8 Å². The lowest BCUT2D eigenvalue weighted by Crippen LogP contribution is -2.34. The number of rotatable bonds is 5. The molecule has 3 rings (SSSR count). The third-order valence-electron chi connectivity index (χ3n) is 3.62. The number of hydrogen-bond acceptors (Lipinski definition) is 3. The molecule has 0 aliphatic carbocycles. The first-order chi connectivity index (χ1) is 13.0. The smallest absolute Gasteiger partial charge is 0.270 e. The van der Waals surface area contributed by atoms with Gasteiger partial charge >= 0.3 is 0 Å². The third kappa shape index (κ3) is 3.97. The van der Waals surface area contributed by atoms with Crippen LogP contribution in [0.4, 0.5) is 18.9 Å². The molecule has 27 heavy (non-hydrogen) atoms. The standard InChI is InChI=1S/C18H13F3N4O2/c19-12-6-7-13(17(21)16(12)20)24-15(26)9-23-18(27)14-8-22-10-25(14)11-4-2-1-3-5-11/h1-8,10H,9H2,(H,23,27)(H,24,26). The Morgan fingerprint density at radius 1 is 1.00 bits per heavy atom. The van der Waals surface area contributed by atoms with Crippen molar-refractivity contribution in [2.45, 2.75) is 0 Å². The van der Waals surface area contributed by atoms with Crippen molar-refractivity contribution in [1.29, 1.82) is 0 Å². The summed E-state index contributed by atoms with van der Waals surface area (Å²) in [5.41, 5.74) is 0.365. The number of carbonyl (C=O) groups is 2. The highest BCUT2D eigenvalue weighted by atomic mass is 19.2. The molecule has 9 heteroatoms. The van der Waals surface area contributed by atoms with Gasteiger partial charge in [0.1, 0.15) is 5.69 Å². The number of aromatic nitrogens is 2. The van der Waals surface area contributed by atoms with Gasteiger partial charge in [0.15, 0.2) is 17.5 Å². The van der Waals surface area contributed by atoms with Crippen molar-refractivity contribution >= 4 is 17.5 Å². The summed E-state index contributed by atoms with van der Waals surface area (Å²) in [6.07, 6.45) is 2.77. The summed E-state index contributed by atoms with van der Waals surface area (Å²) in [4.78, 5) is 28.1. The number of nitrogens with zero attached hydrogens (tertiary/aromatic N) is 2. The predicted octanol–water partition coefficient (Wildman–Crippen LogP) is 2.66. The van der Waals surface area contributed by atoms with Crippen LogP contribution >= 0.6 is 0 Å². The lowest BCUT2D eigenvalue weighted by molar-refractivity contribution is -0.115. The van der Waals surface area contributed by atoms with Gasteiger partial charge < -0.3 is 10.6 Å². The van der Waals surface area contributed by atoms with Crippen LogP contribution < -0.4 is 10.6 Å². The number of amides is 2. The van der Waals surface area contributed by atoms with Crippen molar-refractivity contribution in [2.75, 3.05) is 11.9 Å². The quantitative estimate of drug-likeness (QED) is 0.674. The van der Waals surface area contributed by atoms with E-state index in [0.717, 1.165) is 6.07 Å². The fourth-order valence-corrected chi connectivity index (χ4v) is 2.33. The van der Waals surface area contributed by atoms with Crippen molar-refractivity contribution in [3.05, 3.63) is 78.1 Å². The lowest BCUT2D eigenvalue weighted by Gasteiger charge is -2.10. The summed E-state index contributed by atoms with van der Waals surface area (Å²) in [5.74, 6) is -5.97. The number of carbonyl (C=O) groups excluding carboxylic acids is 2. The Morgan fingerprint density at radius 3 is 2.48 bits per heavy atom. The van der Waals surface area contributed by atoms with E-state index >= 15 is 0 Å². The van der Waals surface area contributed by atoms with Crippen LogP contribution in [0.3, 0.4) is 0 Å². The molecule has 0 aliphatic heterocycles. The molecule has 2 amide bonds. The van der Waals surface area contributed by atoms with E-state index in [-0.39, 0.29) is 5.69 Å². The zero-order chi connectivity index (χ0) is 19.4. The van der Waals surface area contributed by atoms with E-state index in [1.807, 2.05) is 6.07 Å². The van der Waals surface area contributed by atoms with Crippen LogP contribution in [-0.2, 0) is 4.79 Å². The maximum Gasteiger partial charge on any atom is 0.270 e. The summed E-state index contributed by atoms with van der Waals surface area (Å²) in [5, 5.41) is 4.43. The molecular weight excluding hydrogens is 361 g/mol. The number of imidazole rings is 1. The van der Waals surface area contributed by atoms with Crippen molar-refractivity contribution in [1.82, 2.24) is 14.9 Å². The average Bonchev–Trinajstić information content (AvgIpc) is 3.17. The van der Waals surface area contributed by atoms with Gasteiger partial charge in [0.05, 0.1) is 24.8 Å². The number of nitrogens with one attached hydrogen (secondary N) is 2. The number of benzene rings is 2. The summed E-state index contributed by atoms with van der Waals surface area (Å²) < 4.78 is 41.1. The van der Waals surface area contributed by atoms with E-state index in [1.54, 1.807) is 24.3 Å². The number of para-hydroxylation sites is 1. The minimum absolute atomic E-state index is 0.188. The van der Waals surface area contributed by atoms with Crippen molar-refractivity contribution in [3.8, 4) is 5.69 Å². The molecule has 0 radical (unpaired) electrons. The minimum Gasteiger partial charge on any atom is -0.342 e. The lowest BCUT2D eigenvalue weighted by atomic mass is 10.2. The molecule has 0 bridgehead atoms. The van der Waals surface area contributed by atoms with Crippen LogP contribution in [0, 0.1) is 17.5 Å². The second kappa shape index (κ2) is 7.73. The largest absolute Gasteiger partial charge is 0.342 e. The molecule has 0 unspecified atom stereocenters. The van der Waals surface area contributed by atoms with Gasteiger partial charge in [-0.05, 0) is 24.3 Å². The average molecular weight is 374 g/mol. The fraction of sp³-hybridized carbons (Fsp3) is 0.0556. The molecule has 1 aromatic heterocycles. The molecule has 3 aromatic rings. The van der Waals surface area contributed by atoms with E-state index < -0.39 is 41.5 Å². The Bertz CT molecular complexity index is 990. The highest BCUT2D eigenvalue weighted by Gasteiger charge is 2.17. The number of halogens is 3. The fourth-order valence-electron chi connectivity index (χ4n) is 2.33. The minimum atomic E-state index is -1.69. The van der Waals surface area contributed by atoms with E-state index in [4.69, 9.17) is 0 Å². The molecule has 0 fully saturated rings. The molecule has 0 saturated heterocycles. The monoisotopic (exact) mass is 374 g/mol. The molecule has 1 heterocycles. The van der Waals surface area contributed by atoms with Gasteiger partial charge in [-0.2, -0.15) is 0 Å². The Morgan fingerprint density at radius 2 is 1.74 bits per heavy atom. The summed E-state index contributed by atoms with van der Waals surface area (Å²) in [7, 11) is 0. The normalized spacial score (nSPS) is 10.5.